The van der Waals surface area contributed by atoms with Crippen molar-refractivity contribution in [2.75, 3.05) is 0 Å². The van der Waals surface area contributed by atoms with E-state index in [1.807, 2.05) is 0 Å². The molecule has 0 aromatic rings. The molecule has 0 saturated heterocycles. The predicted octanol–water partition coefficient (Wildman–Crippen LogP) is 3.35. The van der Waals surface area contributed by atoms with Gasteiger partial charge >= 0.3 is 5.97 Å². The van der Waals surface area contributed by atoms with Crippen molar-refractivity contribution < 1.29 is 14.7 Å². The summed E-state index contributed by atoms with van der Waals surface area (Å²) in [6, 6.07) is -0.695. The largest absolute Gasteiger partial charge is 0.480 e. The second kappa shape index (κ2) is 8.98. The minimum atomic E-state index is -0.878. The van der Waals surface area contributed by atoms with E-state index in [0.717, 1.165) is 51.4 Å². The van der Waals surface area contributed by atoms with Crippen LogP contribution in [0.1, 0.15) is 71.6 Å². The lowest BCUT2D eigenvalue weighted by atomic mass is 9.83. The Balaban J connectivity index is 2.63. The molecule has 0 aromatic heterocycles. The van der Waals surface area contributed by atoms with E-state index < -0.39 is 12.0 Å². The summed E-state index contributed by atoms with van der Waals surface area (Å²) in [5, 5.41) is 12.2. The molecule has 0 spiro atoms. The lowest BCUT2D eigenvalue weighted by Gasteiger charge is -2.29. The van der Waals surface area contributed by atoms with Gasteiger partial charge < -0.3 is 10.4 Å². The van der Waals surface area contributed by atoms with Gasteiger partial charge in [0.25, 0.3) is 0 Å². The van der Waals surface area contributed by atoms with Gasteiger partial charge in [-0.1, -0.05) is 46.0 Å². The van der Waals surface area contributed by atoms with Crippen molar-refractivity contribution in [3.8, 4) is 0 Å². The summed E-state index contributed by atoms with van der Waals surface area (Å²) in [5.41, 5.74) is 0. The van der Waals surface area contributed by atoms with E-state index in [1.54, 1.807) is 0 Å². The summed E-state index contributed by atoms with van der Waals surface area (Å²) in [6.45, 7) is 4.12. The van der Waals surface area contributed by atoms with Gasteiger partial charge in [0.05, 0.1) is 0 Å². The van der Waals surface area contributed by atoms with Crippen LogP contribution in [0.15, 0.2) is 0 Å². The molecule has 0 heterocycles. The molecule has 1 aliphatic carbocycles. The van der Waals surface area contributed by atoms with Crippen LogP contribution in [0.5, 0.6) is 0 Å². The molecule has 4 heteroatoms. The molecule has 2 N–H and O–H groups in total. The summed E-state index contributed by atoms with van der Waals surface area (Å²) < 4.78 is 0. The van der Waals surface area contributed by atoms with Crippen LogP contribution in [0, 0.1) is 11.8 Å². The Morgan fingerprint density at radius 1 is 1.10 bits per heavy atom. The first kappa shape index (κ1) is 17.0. The van der Waals surface area contributed by atoms with E-state index in [4.69, 9.17) is 0 Å². The summed E-state index contributed by atoms with van der Waals surface area (Å²) in [5.74, 6) is -0.867. The number of carboxylic acids is 1. The molecule has 0 aromatic carbocycles. The Bertz CT molecular complexity index is 305. The third-order valence-corrected chi connectivity index (χ3v) is 4.33. The van der Waals surface area contributed by atoms with E-state index >= 15 is 0 Å². The number of hydrogen-bond donors (Lipinski definition) is 2. The van der Waals surface area contributed by atoms with Crippen LogP contribution in [-0.4, -0.2) is 23.0 Å². The van der Waals surface area contributed by atoms with Crippen LogP contribution in [0.4, 0.5) is 0 Å². The molecule has 20 heavy (non-hydrogen) atoms. The number of aliphatic carboxylic acids is 1. The summed E-state index contributed by atoms with van der Waals surface area (Å²) in [6.07, 6.45) is 8.79. The summed E-state index contributed by atoms with van der Waals surface area (Å²) in [4.78, 5) is 23.8. The quantitative estimate of drug-likeness (QED) is 0.718. The number of carbonyl (C=O) groups excluding carboxylic acids is 1. The highest BCUT2D eigenvalue weighted by Gasteiger charge is 2.32. The standard InChI is InChI=1S/C16H29NO3/c1-3-8-13(9-4-2)15(18)17-14(16(19)20)12-10-6-5-7-11-12/h12-14H,3-11H2,1-2H3,(H,17,18)(H,19,20). The maximum absolute atomic E-state index is 12.3. The minimum absolute atomic E-state index is 0.0320. The highest BCUT2D eigenvalue weighted by atomic mass is 16.4. The first-order chi connectivity index (χ1) is 9.60. The molecule has 1 unspecified atom stereocenters. The second-order valence-corrected chi connectivity index (χ2v) is 6.00. The van der Waals surface area contributed by atoms with Crippen molar-refractivity contribution in [3.05, 3.63) is 0 Å². The highest BCUT2D eigenvalue weighted by Crippen LogP contribution is 2.27. The van der Waals surface area contributed by atoms with Gasteiger partial charge in [-0.3, -0.25) is 4.79 Å². The molecule has 1 amide bonds. The number of hydrogen-bond acceptors (Lipinski definition) is 2. The Labute approximate surface area is 122 Å². The van der Waals surface area contributed by atoms with E-state index in [2.05, 4.69) is 19.2 Å². The number of rotatable bonds is 8. The average molecular weight is 283 g/mol. The monoisotopic (exact) mass is 283 g/mol. The van der Waals surface area contributed by atoms with Crippen LogP contribution in [0.2, 0.25) is 0 Å². The molecule has 116 valence electrons. The van der Waals surface area contributed by atoms with Gasteiger partial charge in [0, 0.05) is 5.92 Å². The highest BCUT2D eigenvalue weighted by molar-refractivity contribution is 5.85. The zero-order valence-corrected chi connectivity index (χ0v) is 12.9. The predicted molar refractivity (Wildman–Crippen MR) is 79.4 cm³/mol. The number of carbonyl (C=O) groups is 2. The third-order valence-electron chi connectivity index (χ3n) is 4.33. The topological polar surface area (TPSA) is 66.4 Å². The van der Waals surface area contributed by atoms with E-state index in [1.165, 1.54) is 6.42 Å². The first-order valence-electron chi connectivity index (χ1n) is 8.13. The molecule has 0 radical (unpaired) electrons. The molecule has 1 atom stereocenters. The van der Waals surface area contributed by atoms with Crippen LogP contribution in [-0.2, 0) is 9.59 Å². The van der Waals surface area contributed by atoms with Crippen molar-refractivity contribution in [2.45, 2.75) is 77.7 Å². The van der Waals surface area contributed by atoms with Gasteiger partial charge in [-0.15, -0.1) is 0 Å². The molecule has 1 fully saturated rings. The van der Waals surface area contributed by atoms with Crippen LogP contribution >= 0.6 is 0 Å². The molecule has 0 aliphatic heterocycles. The molecule has 4 nitrogen and oxygen atoms in total. The fourth-order valence-electron chi connectivity index (χ4n) is 3.22. The average Bonchev–Trinajstić information content (AvgIpc) is 2.45. The zero-order chi connectivity index (χ0) is 15.0. The minimum Gasteiger partial charge on any atom is -0.480 e. The van der Waals surface area contributed by atoms with Gasteiger partial charge in [-0.05, 0) is 31.6 Å². The van der Waals surface area contributed by atoms with Crippen molar-refractivity contribution in [1.29, 1.82) is 0 Å². The molecular formula is C16H29NO3. The van der Waals surface area contributed by atoms with Crippen LogP contribution in [0.3, 0.4) is 0 Å². The maximum Gasteiger partial charge on any atom is 0.326 e. The van der Waals surface area contributed by atoms with Crippen LogP contribution < -0.4 is 5.32 Å². The third kappa shape index (κ3) is 5.14. The van der Waals surface area contributed by atoms with Crippen molar-refractivity contribution in [2.24, 2.45) is 11.8 Å². The van der Waals surface area contributed by atoms with Gasteiger partial charge in [-0.2, -0.15) is 0 Å². The molecular weight excluding hydrogens is 254 g/mol. The molecule has 1 rings (SSSR count). The lowest BCUT2D eigenvalue weighted by Crippen LogP contribution is -2.48. The first-order valence-corrected chi connectivity index (χ1v) is 8.13. The second-order valence-electron chi connectivity index (χ2n) is 6.00. The van der Waals surface area contributed by atoms with E-state index in [-0.39, 0.29) is 17.7 Å². The summed E-state index contributed by atoms with van der Waals surface area (Å²) in [7, 11) is 0. The van der Waals surface area contributed by atoms with Crippen LogP contribution in [0.25, 0.3) is 0 Å². The fraction of sp³-hybridized carbons (Fsp3) is 0.875. The number of carboxylic acid groups (broad SMARTS) is 1. The Morgan fingerprint density at radius 2 is 1.65 bits per heavy atom. The van der Waals surface area contributed by atoms with Gasteiger partial charge in [0.15, 0.2) is 0 Å². The van der Waals surface area contributed by atoms with Gasteiger partial charge in [0.2, 0.25) is 5.91 Å². The summed E-state index contributed by atoms with van der Waals surface area (Å²) >= 11 is 0. The van der Waals surface area contributed by atoms with E-state index in [9.17, 15) is 14.7 Å². The number of nitrogens with one attached hydrogen (secondary N) is 1. The SMILES string of the molecule is CCCC(CCC)C(=O)NC(C(=O)O)C1CCCCC1. The van der Waals surface area contributed by atoms with Crippen molar-refractivity contribution >= 4 is 11.9 Å². The maximum atomic E-state index is 12.3. The fourth-order valence-corrected chi connectivity index (χ4v) is 3.22. The van der Waals surface area contributed by atoms with E-state index in [0.29, 0.717) is 0 Å². The Hall–Kier alpha value is -1.06. The Morgan fingerprint density at radius 3 is 2.10 bits per heavy atom. The lowest BCUT2D eigenvalue weighted by molar-refractivity contribution is -0.144. The normalized spacial score (nSPS) is 17.9. The number of amides is 1. The molecule has 0 bridgehead atoms. The van der Waals surface area contributed by atoms with Crippen molar-refractivity contribution in [1.82, 2.24) is 5.32 Å². The smallest absolute Gasteiger partial charge is 0.326 e. The van der Waals surface area contributed by atoms with Gasteiger partial charge in [-0.25, -0.2) is 4.79 Å². The molecule has 1 saturated carbocycles. The van der Waals surface area contributed by atoms with Gasteiger partial charge in [0.1, 0.15) is 6.04 Å². The van der Waals surface area contributed by atoms with Crippen molar-refractivity contribution in [3.63, 3.8) is 0 Å². The molecule has 1 aliphatic rings. The zero-order valence-electron chi connectivity index (χ0n) is 12.9. The Kier molecular flexibility index (Phi) is 7.63.